The fraction of sp³-hybridized carbons (Fsp3) is 0.755. The molecule has 1 aliphatic rings. The van der Waals surface area contributed by atoms with E-state index < -0.39 is 55.4 Å². The topological polar surface area (TPSA) is 152 Å². The van der Waals surface area contributed by atoms with E-state index in [9.17, 15) is 30.0 Å². The standard InChI is InChI=1S/C49H84O10/c1-3-5-7-9-11-13-15-17-19-20-21-22-24-25-27-29-31-33-35-37-44(51)56-40-42(41-57-49-48(55)47(54)46(53)43(39-50)59-49)58-45(52)38-36-34-32-30-28-26-23-18-16-14-12-10-8-6-4-2/h11,13-14,16-17,19,21-22,25,27,42-43,46-50,53-55H,3-10,12,15,18,20,23-24,26,28-41H2,1-2H3/b13-11+,16-14+,19-17+,22-21+,27-25+/t42-,43-,46+,47?,48?,49-/m0/s1. The smallest absolute Gasteiger partial charge is 0.306 e. The fourth-order valence-corrected chi connectivity index (χ4v) is 6.64. The highest BCUT2D eigenvalue weighted by molar-refractivity contribution is 5.70. The number of unbranched alkanes of at least 4 members (excludes halogenated alkanes) is 17. The van der Waals surface area contributed by atoms with Crippen LogP contribution in [0.4, 0.5) is 0 Å². The van der Waals surface area contributed by atoms with E-state index in [2.05, 4.69) is 74.6 Å². The van der Waals surface area contributed by atoms with Gasteiger partial charge in [0.1, 0.15) is 31.0 Å². The number of rotatable bonds is 38. The number of esters is 2. The lowest BCUT2D eigenvalue weighted by Gasteiger charge is -2.39. The van der Waals surface area contributed by atoms with E-state index in [1.165, 1.54) is 77.0 Å². The van der Waals surface area contributed by atoms with Gasteiger partial charge in [0.25, 0.3) is 0 Å². The molecule has 1 saturated heterocycles. The maximum absolute atomic E-state index is 12.8. The zero-order valence-corrected chi connectivity index (χ0v) is 37.0. The average molecular weight is 833 g/mol. The van der Waals surface area contributed by atoms with Crippen LogP contribution in [0.2, 0.25) is 0 Å². The Labute approximate surface area is 358 Å². The largest absolute Gasteiger partial charge is 0.462 e. The van der Waals surface area contributed by atoms with Crippen molar-refractivity contribution in [3.05, 3.63) is 60.8 Å². The van der Waals surface area contributed by atoms with Gasteiger partial charge < -0.3 is 39.4 Å². The molecule has 340 valence electrons. The maximum Gasteiger partial charge on any atom is 0.306 e. The molecule has 6 atom stereocenters. The van der Waals surface area contributed by atoms with E-state index in [-0.39, 0.29) is 26.1 Å². The lowest BCUT2D eigenvalue weighted by Crippen LogP contribution is -2.59. The van der Waals surface area contributed by atoms with Crippen molar-refractivity contribution in [1.29, 1.82) is 0 Å². The summed E-state index contributed by atoms with van der Waals surface area (Å²) in [5.41, 5.74) is 0. The highest BCUT2D eigenvalue weighted by Crippen LogP contribution is 2.22. The number of carbonyl (C=O) groups is 2. The van der Waals surface area contributed by atoms with Gasteiger partial charge in [-0.15, -0.1) is 0 Å². The molecule has 10 heteroatoms. The van der Waals surface area contributed by atoms with Crippen molar-refractivity contribution in [2.75, 3.05) is 19.8 Å². The van der Waals surface area contributed by atoms with Gasteiger partial charge in [-0.25, -0.2) is 0 Å². The summed E-state index contributed by atoms with van der Waals surface area (Å²) in [5, 5.41) is 40.1. The number of aliphatic hydroxyl groups is 4. The number of hydrogen-bond acceptors (Lipinski definition) is 10. The van der Waals surface area contributed by atoms with Crippen LogP contribution in [-0.4, -0.2) is 89.0 Å². The first-order valence-corrected chi connectivity index (χ1v) is 23.4. The van der Waals surface area contributed by atoms with E-state index in [0.29, 0.717) is 12.8 Å². The van der Waals surface area contributed by atoms with Crippen molar-refractivity contribution in [1.82, 2.24) is 0 Å². The van der Waals surface area contributed by atoms with Gasteiger partial charge >= 0.3 is 11.9 Å². The Morgan fingerprint density at radius 3 is 1.49 bits per heavy atom. The van der Waals surface area contributed by atoms with Gasteiger partial charge in [-0.3, -0.25) is 9.59 Å². The van der Waals surface area contributed by atoms with E-state index >= 15 is 0 Å². The molecule has 0 bridgehead atoms. The van der Waals surface area contributed by atoms with Crippen molar-refractivity contribution >= 4 is 11.9 Å². The highest BCUT2D eigenvalue weighted by atomic mass is 16.7. The Balaban J connectivity index is 2.35. The first kappa shape index (κ1) is 54.4. The zero-order valence-electron chi connectivity index (χ0n) is 37.0. The zero-order chi connectivity index (χ0) is 43.0. The third-order valence-corrected chi connectivity index (χ3v) is 10.4. The van der Waals surface area contributed by atoms with Gasteiger partial charge in [0.05, 0.1) is 13.2 Å². The summed E-state index contributed by atoms with van der Waals surface area (Å²) in [6.07, 6.45) is 40.8. The van der Waals surface area contributed by atoms with E-state index in [0.717, 1.165) is 64.2 Å². The van der Waals surface area contributed by atoms with Crippen molar-refractivity contribution in [2.45, 2.75) is 218 Å². The third kappa shape index (κ3) is 31.0. The normalized spacial score (nSPS) is 20.5. The highest BCUT2D eigenvalue weighted by Gasteiger charge is 2.44. The quantitative estimate of drug-likeness (QED) is 0.0269. The first-order chi connectivity index (χ1) is 28.8. The molecule has 0 amide bonds. The summed E-state index contributed by atoms with van der Waals surface area (Å²) in [6.45, 7) is 3.34. The second kappa shape index (κ2) is 39.5. The molecule has 0 spiro atoms. The van der Waals surface area contributed by atoms with E-state index in [4.69, 9.17) is 18.9 Å². The van der Waals surface area contributed by atoms with Crippen LogP contribution in [0.15, 0.2) is 60.8 Å². The second-order valence-electron chi connectivity index (χ2n) is 15.8. The molecule has 0 radical (unpaired) electrons. The molecule has 0 aromatic rings. The molecule has 1 heterocycles. The molecule has 1 fully saturated rings. The summed E-state index contributed by atoms with van der Waals surface area (Å²) in [7, 11) is 0. The van der Waals surface area contributed by atoms with Crippen LogP contribution in [0.1, 0.15) is 181 Å². The Morgan fingerprint density at radius 1 is 0.525 bits per heavy atom. The third-order valence-electron chi connectivity index (χ3n) is 10.4. The van der Waals surface area contributed by atoms with Gasteiger partial charge in [0.15, 0.2) is 12.4 Å². The number of hydrogen-bond donors (Lipinski definition) is 4. The minimum absolute atomic E-state index is 0.215. The van der Waals surface area contributed by atoms with Crippen LogP contribution in [-0.2, 0) is 28.5 Å². The Kier molecular flexibility index (Phi) is 36.5. The van der Waals surface area contributed by atoms with Gasteiger partial charge in [-0.1, -0.05) is 145 Å². The van der Waals surface area contributed by atoms with Crippen LogP contribution in [0, 0.1) is 0 Å². The van der Waals surface area contributed by atoms with Crippen molar-refractivity contribution < 1.29 is 49.0 Å². The molecule has 1 aliphatic heterocycles. The summed E-state index contributed by atoms with van der Waals surface area (Å²) in [6, 6.07) is 0. The Hall–Kier alpha value is -2.60. The van der Waals surface area contributed by atoms with Crippen molar-refractivity contribution in [3.8, 4) is 0 Å². The summed E-state index contributed by atoms with van der Waals surface area (Å²) in [5.74, 6) is -0.850. The van der Waals surface area contributed by atoms with Crippen LogP contribution in [0.25, 0.3) is 0 Å². The minimum Gasteiger partial charge on any atom is -0.462 e. The van der Waals surface area contributed by atoms with Crippen molar-refractivity contribution in [3.63, 3.8) is 0 Å². The molecule has 10 nitrogen and oxygen atoms in total. The molecule has 2 unspecified atom stereocenters. The van der Waals surface area contributed by atoms with Crippen LogP contribution in [0.5, 0.6) is 0 Å². The molecular weight excluding hydrogens is 749 g/mol. The molecule has 4 N–H and O–H groups in total. The van der Waals surface area contributed by atoms with E-state index in [1.54, 1.807) is 0 Å². The average Bonchev–Trinajstić information content (AvgIpc) is 3.23. The predicted octanol–water partition coefficient (Wildman–Crippen LogP) is 10.2. The molecular formula is C49H84O10. The summed E-state index contributed by atoms with van der Waals surface area (Å²) < 4.78 is 22.1. The monoisotopic (exact) mass is 833 g/mol. The van der Waals surface area contributed by atoms with Gasteiger partial charge in [-0.05, 0) is 83.5 Å². The number of ether oxygens (including phenoxy) is 4. The Morgan fingerprint density at radius 2 is 0.949 bits per heavy atom. The first-order valence-electron chi connectivity index (χ1n) is 23.4. The molecule has 59 heavy (non-hydrogen) atoms. The molecule has 0 aromatic heterocycles. The van der Waals surface area contributed by atoms with Gasteiger partial charge in [0, 0.05) is 12.8 Å². The predicted molar refractivity (Wildman–Crippen MR) is 238 cm³/mol. The molecule has 0 saturated carbocycles. The van der Waals surface area contributed by atoms with Crippen LogP contribution in [0.3, 0.4) is 0 Å². The van der Waals surface area contributed by atoms with Crippen LogP contribution < -0.4 is 0 Å². The number of aliphatic hydroxyl groups excluding tert-OH is 4. The second-order valence-corrected chi connectivity index (χ2v) is 15.8. The molecule has 0 aliphatic carbocycles. The van der Waals surface area contributed by atoms with Gasteiger partial charge in [-0.2, -0.15) is 0 Å². The summed E-state index contributed by atoms with van der Waals surface area (Å²) in [4.78, 5) is 25.3. The molecule has 0 aromatic carbocycles. The lowest BCUT2D eigenvalue weighted by molar-refractivity contribution is -0.305. The number of carbonyl (C=O) groups excluding carboxylic acids is 2. The lowest BCUT2D eigenvalue weighted by atomic mass is 9.99. The SMILES string of the molecule is CCCCC/C=C/C/C=C/C/C=C/C/C=C/CCCCCC(=O)OC[C@@H](CO[C@H]1O[C@@H](CO)[C@@H](O)C(O)C1O)OC(=O)CCCCCCCCC/C=C/CCCCCC. The maximum atomic E-state index is 12.8. The van der Waals surface area contributed by atoms with Gasteiger partial charge in [0.2, 0.25) is 0 Å². The fourth-order valence-electron chi connectivity index (χ4n) is 6.64. The van der Waals surface area contributed by atoms with Crippen LogP contribution >= 0.6 is 0 Å². The van der Waals surface area contributed by atoms with Crippen molar-refractivity contribution in [2.24, 2.45) is 0 Å². The van der Waals surface area contributed by atoms with E-state index in [1.807, 2.05) is 0 Å². The number of allylic oxidation sites excluding steroid dienone is 10. The molecule has 1 rings (SSSR count). The Bertz CT molecular complexity index is 1150. The minimum atomic E-state index is -1.60. The summed E-state index contributed by atoms with van der Waals surface area (Å²) >= 11 is 0.